The van der Waals surface area contributed by atoms with Crippen molar-refractivity contribution < 1.29 is 27.5 Å². The summed E-state index contributed by atoms with van der Waals surface area (Å²) in [6.45, 7) is 5.99. The minimum Gasteiger partial charge on any atom is -0.360 e. The van der Waals surface area contributed by atoms with Gasteiger partial charge in [0.2, 0.25) is 11.8 Å². The maximum Gasteiger partial charge on any atom is 0.231 e. The first-order valence-corrected chi connectivity index (χ1v) is 12.9. The number of carbonyl (C=O) groups is 2. The molecule has 4 rings (SSSR count). The van der Waals surface area contributed by atoms with Crippen LogP contribution in [0, 0.1) is 22.9 Å². The van der Waals surface area contributed by atoms with E-state index in [9.17, 15) is 22.8 Å². The molecule has 0 spiro atoms. The zero-order valence-corrected chi connectivity index (χ0v) is 22.6. The van der Waals surface area contributed by atoms with Crippen LogP contribution in [0.5, 0.6) is 0 Å². The molecule has 0 saturated heterocycles. The van der Waals surface area contributed by atoms with E-state index in [0.29, 0.717) is 23.3 Å². The number of aromatic nitrogens is 1. The number of anilines is 1. The van der Waals surface area contributed by atoms with E-state index >= 15 is 0 Å². The molecule has 1 atom stereocenters. The third-order valence-corrected chi connectivity index (χ3v) is 6.38. The maximum absolute atomic E-state index is 14.4. The van der Waals surface area contributed by atoms with Crippen molar-refractivity contribution in [2.75, 3.05) is 5.32 Å². The lowest BCUT2D eigenvalue weighted by Gasteiger charge is -2.34. The second-order valence-corrected chi connectivity index (χ2v) is 10.9. The molecule has 5 nitrogen and oxygen atoms in total. The van der Waals surface area contributed by atoms with Gasteiger partial charge in [0.25, 0.3) is 0 Å². The van der Waals surface area contributed by atoms with E-state index in [2.05, 4.69) is 5.32 Å². The SMILES string of the molecule is CC(C)(C)CC(=O)n1ccc(C(CC(=O)Nc2c(F)cc(F)cc2F)(OCc2ccccc2)c2ccccc2)c1. The first-order chi connectivity index (χ1) is 19.0. The van der Waals surface area contributed by atoms with Gasteiger partial charge in [0.1, 0.15) is 17.1 Å². The zero-order valence-electron chi connectivity index (χ0n) is 22.6. The number of halogens is 3. The summed E-state index contributed by atoms with van der Waals surface area (Å²) in [5, 5.41) is 2.25. The van der Waals surface area contributed by atoms with E-state index in [0.717, 1.165) is 5.56 Å². The molecule has 1 heterocycles. The Bertz CT molecular complexity index is 1460. The fourth-order valence-corrected chi connectivity index (χ4v) is 4.48. The highest BCUT2D eigenvalue weighted by atomic mass is 19.1. The number of amides is 1. The smallest absolute Gasteiger partial charge is 0.231 e. The molecular weight excluding hydrogens is 517 g/mol. The van der Waals surface area contributed by atoms with Crippen LogP contribution in [0.4, 0.5) is 18.9 Å². The number of nitrogens with zero attached hydrogens (tertiary/aromatic N) is 1. The molecule has 208 valence electrons. The number of hydrogen-bond donors (Lipinski definition) is 1. The van der Waals surface area contributed by atoms with Gasteiger partial charge < -0.3 is 10.1 Å². The van der Waals surface area contributed by atoms with Crippen molar-refractivity contribution in [1.29, 1.82) is 0 Å². The summed E-state index contributed by atoms with van der Waals surface area (Å²) >= 11 is 0. The van der Waals surface area contributed by atoms with Crippen molar-refractivity contribution >= 4 is 17.5 Å². The average molecular weight is 549 g/mol. The molecule has 3 aromatic carbocycles. The van der Waals surface area contributed by atoms with Crippen LogP contribution in [-0.2, 0) is 21.7 Å². The fraction of sp³-hybridized carbons (Fsp3) is 0.250. The molecule has 40 heavy (non-hydrogen) atoms. The van der Waals surface area contributed by atoms with Gasteiger partial charge in [-0.3, -0.25) is 14.2 Å². The number of rotatable bonds is 9. The Balaban J connectivity index is 1.77. The van der Waals surface area contributed by atoms with Crippen LogP contribution in [0.3, 0.4) is 0 Å². The van der Waals surface area contributed by atoms with Gasteiger partial charge in [-0.05, 0) is 22.6 Å². The summed E-state index contributed by atoms with van der Waals surface area (Å²) in [5.74, 6) is -4.47. The molecule has 0 bridgehead atoms. The Kier molecular flexibility index (Phi) is 8.59. The maximum atomic E-state index is 14.4. The molecule has 0 aliphatic heterocycles. The largest absolute Gasteiger partial charge is 0.360 e. The number of nitrogens with one attached hydrogen (secondary N) is 1. The summed E-state index contributed by atoms with van der Waals surface area (Å²) in [4.78, 5) is 26.4. The highest BCUT2D eigenvalue weighted by Gasteiger charge is 2.39. The third kappa shape index (κ3) is 6.87. The van der Waals surface area contributed by atoms with Crippen molar-refractivity contribution in [3.05, 3.63) is 125 Å². The minimum atomic E-state index is -1.44. The molecule has 0 aliphatic carbocycles. The monoisotopic (exact) mass is 548 g/mol. The fourth-order valence-electron chi connectivity index (χ4n) is 4.48. The average Bonchev–Trinajstić information content (AvgIpc) is 3.40. The first-order valence-electron chi connectivity index (χ1n) is 12.9. The second kappa shape index (κ2) is 11.9. The molecule has 1 unspecified atom stereocenters. The van der Waals surface area contributed by atoms with Crippen LogP contribution in [0.25, 0.3) is 0 Å². The predicted octanol–water partition coefficient (Wildman–Crippen LogP) is 7.47. The van der Waals surface area contributed by atoms with Crippen LogP contribution in [0.15, 0.2) is 91.3 Å². The van der Waals surface area contributed by atoms with Gasteiger partial charge in [-0.25, -0.2) is 13.2 Å². The molecule has 0 fully saturated rings. The number of benzene rings is 3. The normalized spacial score (nSPS) is 13.1. The van der Waals surface area contributed by atoms with Gasteiger partial charge in [-0.1, -0.05) is 81.4 Å². The Hall–Kier alpha value is -4.17. The molecular formula is C32H31F3N2O3. The van der Waals surface area contributed by atoms with Crippen LogP contribution in [0.1, 0.15) is 55.1 Å². The van der Waals surface area contributed by atoms with Crippen molar-refractivity contribution in [1.82, 2.24) is 4.57 Å². The van der Waals surface area contributed by atoms with E-state index in [-0.39, 0.29) is 24.3 Å². The highest BCUT2D eigenvalue weighted by molar-refractivity contribution is 5.92. The van der Waals surface area contributed by atoms with Gasteiger partial charge >= 0.3 is 0 Å². The van der Waals surface area contributed by atoms with Crippen LogP contribution in [-0.4, -0.2) is 16.4 Å². The van der Waals surface area contributed by atoms with Gasteiger partial charge in [0.15, 0.2) is 11.6 Å². The van der Waals surface area contributed by atoms with Crippen LogP contribution >= 0.6 is 0 Å². The molecule has 8 heteroatoms. The van der Waals surface area contributed by atoms with E-state index in [1.54, 1.807) is 42.7 Å². The van der Waals surface area contributed by atoms with Crippen molar-refractivity contribution in [3.8, 4) is 0 Å². The van der Waals surface area contributed by atoms with E-state index in [4.69, 9.17) is 4.74 Å². The molecule has 0 radical (unpaired) electrons. The summed E-state index contributed by atoms with van der Waals surface area (Å²) in [6, 6.07) is 21.0. The summed E-state index contributed by atoms with van der Waals surface area (Å²) in [5.41, 5.74) is -0.502. The first kappa shape index (κ1) is 28.8. The Morgan fingerprint density at radius 2 is 1.43 bits per heavy atom. The number of hydrogen-bond acceptors (Lipinski definition) is 3. The summed E-state index contributed by atoms with van der Waals surface area (Å²) in [6.07, 6.45) is 3.13. The van der Waals surface area contributed by atoms with Crippen LogP contribution in [0.2, 0.25) is 0 Å². The lowest BCUT2D eigenvalue weighted by atomic mass is 9.84. The summed E-state index contributed by atoms with van der Waals surface area (Å²) in [7, 11) is 0. The molecule has 1 N–H and O–H groups in total. The second-order valence-electron chi connectivity index (χ2n) is 10.9. The zero-order chi connectivity index (χ0) is 28.9. The number of carbonyl (C=O) groups excluding carboxylic acids is 2. The highest BCUT2D eigenvalue weighted by Crippen LogP contribution is 2.39. The van der Waals surface area contributed by atoms with Gasteiger partial charge in [0, 0.05) is 36.5 Å². The molecule has 0 aliphatic rings. The number of ether oxygens (including phenoxy) is 1. The lowest BCUT2D eigenvalue weighted by Crippen LogP contribution is -2.36. The van der Waals surface area contributed by atoms with E-state index < -0.39 is 41.1 Å². The van der Waals surface area contributed by atoms with Gasteiger partial charge in [-0.15, -0.1) is 0 Å². The van der Waals surface area contributed by atoms with Crippen molar-refractivity contribution in [2.45, 2.75) is 45.8 Å². The third-order valence-electron chi connectivity index (χ3n) is 6.38. The minimum absolute atomic E-state index is 0.101. The Morgan fingerprint density at radius 1 is 0.825 bits per heavy atom. The van der Waals surface area contributed by atoms with E-state index in [1.165, 1.54) is 4.57 Å². The van der Waals surface area contributed by atoms with Crippen molar-refractivity contribution in [3.63, 3.8) is 0 Å². The van der Waals surface area contributed by atoms with Crippen molar-refractivity contribution in [2.24, 2.45) is 5.41 Å². The molecule has 1 amide bonds. The molecule has 1 aromatic heterocycles. The Labute approximate surface area is 231 Å². The quantitative estimate of drug-likeness (QED) is 0.236. The topological polar surface area (TPSA) is 60.3 Å². The standard InChI is InChI=1S/C32H31F3N2O3/c1-31(2,3)19-29(39)37-15-14-24(20-37)32(23-12-8-5-9-13-23,40-21-22-10-6-4-7-11-22)18-28(38)36-30-26(34)16-25(33)17-27(30)35/h4-17,20H,18-19,21H2,1-3H3,(H,36,38). The predicted molar refractivity (Wildman–Crippen MR) is 147 cm³/mol. The lowest BCUT2D eigenvalue weighted by molar-refractivity contribution is -0.123. The molecule has 0 saturated carbocycles. The van der Waals surface area contributed by atoms with Crippen LogP contribution < -0.4 is 5.32 Å². The van der Waals surface area contributed by atoms with Gasteiger partial charge in [-0.2, -0.15) is 0 Å². The Morgan fingerprint density at radius 3 is 2.02 bits per heavy atom. The molecule has 4 aromatic rings. The van der Waals surface area contributed by atoms with Gasteiger partial charge in [0.05, 0.1) is 13.0 Å². The van der Waals surface area contributed by atoms with E-state index in [1.807, 2.05) is 57.2 Å². The summed E-state index contributed by atoms with van der Waals surface area (Å²) < 4.78 is 50.2.